The van der Waals surface area contributed by atoms with E-state index in [0.717, 1.165) is 5.56 Å². The zero-order valence-electron chi connectivity index (χ0n) is 10.5. The number of anilines is 2. The van der Waals surface area contributed by atoms with Crippen LogP contribution in [-0.2, 0) is 0 Å². The van der Waals surface area contributed by atoms with Crippen LogP contribution in [0.5, 0.6) is 5.75 Å². The molecular formula is C13H13BrFN3O. The maximum absolute atomic E-state index is 13.9. The van der Waals surface area contributed by atoms with Gasteiger partial charge in [0.1, 0.15) is 0 Å². The van der Waals surface area contributed by atoms with E-state index in [2.05, 4.69) is 20.9 Å². The van der Waals surface area contributed by atoms with E-state index in [0.29, 0.717) is 27.0 Å². The van der Waals surface area contributed by atoms with Crippen molar-refractivity contribution in [1.29, 1.82) is 0 Å². The third-order valence-corrected chi connectivity index (χ3v) is 3.37. The molecule has 1 heterocycles. The minimum Gasteiger partial charge on any atom is -0.492 e. The molecule has 2 rings (SSSR count). The summed E-state index contributed by atoms with van der Waals surface area (Å²) < 4.78 is 19.6. The monoisotopic (exact) mass is 325 g/mol. The maximum atomic E-state index is 13.9. The van der Waals surface area contributed by atoms with Crippen molar-refractivity contribution in [3.63, 3.8) is 0 Å². The highest BCUT2D eigenvalue weighted by Crippen LogP contribution is 2.43. The molecule has 0 saturated carbocycles. The molecule has 0 aliphatic heterocycles. The lowest BCUT2D eigenvalue weighted by atomic mass is 10.0. The number of halogens is 2. The molecule has 0 atom stereocenters. The number of methoxy groups -OCH3 is 1. The summed E-state index contributed by atoms with van der Waals surface area (Å²) in [6.45, 7) is 1.83. The normalized spacial score (nSPS) is 10.5. The maximum Gasteiger partial charge on any atom is 0.220 e. The van der Waals surface area contributed by atoms with Gasteiger partial charge in [0.2, 0.25) is 5.95 Å². The van der Waals surface area contributed by atoms with Gasteiger partial charge in [0.05, 0.1) is 18.5 Å². The molecule has 1 aromatic carbocycles. The first-order valence-corrected chi connectivity index (χ1v) is 6.29. The Balaban J connectivity index is 2.78. The van der Waals surface area contributed by atoms with Crippen molar-refractivity contribution in [2.75, 3.05) is 18.6 Å². The zero-order chi connectivity index (χ0) is 14.2. The Labute approximate surface area is 118 Å². The minimum atomic E-state index is -0.593. The van der Waals surface area contributed by atoms with Gasteiger partial charge < -0.3 is 16.2 Å². The highest BCUT2D eigenvalue weighted by Gasteiger charge is 2.19. The lowest BCUT2D eigenvalue weighted by Crippen LogP contribution is -2.02. The Kier molecular flexibility index (Phi) is 3.61. The van der Waals surface area contributed by atoms with Gasteiger partial charge in [0.25, 0.3) is 0 Å². The first-order chi connectivity index (χ1) is 8.95. The minimum absolute atomic E-state index is 0.278. The molecule has 19 heavy (non-hydrogen) atoms. The predicted molar refractivity (Wildman–Crippen MR) is 77.4 cm³/mol. The van der Waals surface area contributed by atoms with Crippen LogP contribution < -0.4 is 16.2 Å². The van der Waals surface area contributed by atoms with E-state index >= 15 is 0 Å². The molecule has 0 spiro atoms. The third-order valence-electron chi connectivity index (χ3n) is 2.75. The van der Waals surface area contributed by atoms with Crippen LogP contribution in [-0.4, -0.2) is 12.1 Å². The molecule has 0 aliphatic rings. The van der Waals surface area contributed by atoms with E-state index < -0.39 is 5.95 Å². The summed E-state index contributed by atoms with van der Waals surface area (Å²) in [6.07, 6.45) is 1.46. The molecule has 0 unspecified atom stereocenters. The summed E-state index contributed by atoms with van der Waals surface area (Å²) in [5, 5.41) is 0. The summed E-state index contributed by atoms with van der Waals surface area (Å²) >= 11 is 3.35. The van der Waals surface area contributed by atoms with Crippen LogP contribution in [0.25, 0.3) is 11.1 Å². The van der Waals surface area contributed by atoms with Crippen LogP contribution in [0.15, 0.2) is 22.8 Å². The Hall–Kier alpha value is -1.82. The van der Waals surface area contributed by atoms with Gasteiger partial charge in [0, 0.05) is 21.8 Å². The summed E-state index contributed by atoms with van der Waals surface area (Å²) in [7, 11) is 1.46. The second-order valence-corrected chi connectivity index (χ2v) is 4.97. The quantitative estimate of drug-likeness (QED) is 0.657. The summed E-state index contributed by atoms with van der Waals surface area (Å²) in [6, 6.07) is 3.31. The molecule has 4 N–H and O–H groups in total. The number of nitrogen functional groups attached to an aromatic ring is 2. The largest absolute Gasteiger partial charge is 0.492 e. The molecule has 2 aromatic rings. The Morgan fingerprint density at radius 2 is 2.00 bits per heavy atom. The molecule has 4 nitrogen and oxygen atoms in total. The topological polar surface area (TPSA) is 74.2 Å². The molecule has 100 valence electrons. The molecular weight excluding hydrogens is 313 g/mol. The molecule has 0 saturated heterocycles. The van der Waals surface area contributed by atoms with Crippen molar-refractivity contribution in [2.24, 2.45) is 0 Å². The van der Waals surface area contributed by atoms with Crippen molar-refractivity contribution in [2.45, 2.75) is 6.92 Å². The van der Waals surface area contributed by atoms with E-state index in [9.17, 15) is 4.39 Å². The van der Waals surface area contributed by atoms with Crippen molar-refractivity contribution >= 4 is 27.3 Å². The van der Waals surface area contributed by atoms with Crippen LogP contribution in [0.1, 0.15) is 5.56 Å². The number of hydrogen-bond acceptors (Lipinski definition) is 4. The number of ether oxygens (including phenoxy) is 1. The molecule has 0 aliphatic carbocycles. The first-order valence-electron chi connectivity index (χ1n) is 5.49. The van der Waals surface area contributed by atoms with Gasteiger partial charge >= 0.3 is 0 Å². The van der Waals surface area contributed by atoms with Crippen molar-refractivity contribution in [3.8, 4) is 16.9 Å². The number of aryl methyl sites for hydroxylation is 1. The SMILES string of the molecule is COc1c(N)cc(Br)c(-c2cc(C)cnc2F)c1N. The number of nitrogens with zero attached hydrogens (tertiary/aromatic N) is 1. The highest BCUT2D eigenvalue weighted by molar-refractivity contribution is 9.10. The van der Waals surface area contributed by atoms with E-state index in [4.69, 9.17) is 16.2 Å². The number of aromatic nitrogens is 1. The van der Waals surface area contributed by atoms with Crippen LogP contribution >= 0.6 is 15.9 Å². The van der Waals surface area contributed by atoms with Gasteiger partial charge in [-0.15, -0.1) is 0 Å². The van der Waals surface area contributed by atoms with Gasteiger partial charge in [-0.3, -0.25) is 0 Å². The smallest absolute Gasteiger partial charge is 0.220 e. The molecule has 0 radical (unpaired) electrons. The average molecular weight is 326 g/mol. The lowest BCUT2D eigenvalue weighted by Gasteiger charge is -2.15. The zero-order valence-corrected chi connectivity index (χ0v) is 12.1. The van der Waals surface area contributed by atoms with Crippen molar-refractivity contribution in [1.82, 2.24) is 4.98 Å². The van der Waals surface area contributed by atoms with Crippen LogP contribution in [0.3, 0.4) is 0 Å². The second kappa shape index (κ2) is 5.05. The van der Waals surface area contributed by atoms with Gasteiger partial charge in [0.15, 0.2) is 5.75 Å². The number of rotatable bonds is 2. The number of hydrogen-bond donors (Lipinski definition) is 2. The molecule has 0 bridgehead atoms. The predicted octanol–water partition coefficient (Wildman–Crippen LogP) is 3.13. The van der Waals surface area contributed by atoms with E-state index in [1.807, 2.05) is 6.92 Å². The van der Waals surface area contributed by atoms with Crippen molar-refractivity contribution in [3.05, 3.63) is 34.3 Å². The fourth-order valence-corrected chi connectivity index (χ4v) is 2.58. The van der Waals surface area contributed by atoms with Crippen LogP contribution in [0.2, 0.25) is 0 Å². The van der Waals surface area contributed by atoms with Crippen LogP contribution in [0.4, 0.5) is 15.8 Å². The standard InChI is InChI=1S/C13H13BrFN3O/c1-6-3-7(13(15)18-5-6)10-8(14)4-9(16)12(19-2)11(10)17/h3-5H,16-17H2,1-2H3. The average Bonchev–Trinajstić information content (AvgIpc) is 2.33. The fraction of sp³-hybridized carbons (Fsp3) is 0.154. The Morgan fingerprint density at radius 1 is 1.32 bits per heavy atom. The number of pyridine rings is 1. The number of nitrogens with two attached hydrogens (primary N) is 2. The van der Waals surface area contributed by atoms with Gasteiger partial charge in [-0.25, -0.2) is 4.98 Å². The Bertz CT molecular complexity index is 646. The highest BCUT2D eigenvalue weighted by atomic mass is 79.9. The third kappa shape index (κ3) is 2.35. The van der Waals surface area contributed by atoms with E-state index in [1.165, 1.54) is 13.3 Å². The molecule has 1 aromatic heterocycles. The van der Waals surface area contributed by atoms with Gasteiger partial charge in [-0.05, 0) is 40.5 Å². The lowest BCUT2D eigenvalue weighted by molar-refractivity contribution is 0.419. The second-order valence-electron chi connectivity index (χ2n) is 4.12. The van der Waals surface area contributed by atoms with Crippen molar-refractivity contribution < 1.29 is 9.13 Å². The van der Waals surface area contributed by atoms with Crippen LogP contribution in [0, 0.1) is 12.9 Å². The van der Waals surface area contributed by atoms with E-state index in [1.54, 1.807) is 12.1 Å². The first kappa shape index (κ1) is 13.6. The fourth-order valence-electron chi connectivity index (χ4n) is 1.90. The van der Waals surface area contributed by atoms with Gasteiger partial charge in [-0.2, -0.15) is 4.39 Å². The Morgan fingerprint density at radius 3 is 2.63 bits per heavy atom. The van der Waals surface area contributed by atoms with E-state index in [-0.39, 0.29) is 5.69 Å². The molecule has 6 heteroatoms. The molecule has 0 amide bonds. The molecule has 0 fully saturated rings. The summed E-state index contributed by atoms with van der Waals surface area (Å²) in [5.41, 5.74) is 14.1. The number of benzene rings is 1. The van der Waals surface area contributed by atoms with Gasteiger partial charge in [-0.1, -0.05) is 0 Å². The summed E-state index contributed by atoms with van der Waals surface area (Å²) in [4.78, 5) is 3.70. The summed E-state index contributed by atoms with van der Waals surface area (Å²) in [5.74, 6) is -0.260.